The molecule has 2 rings (SSSR count). The first-order valence-corrected chi connectivity index (χ1v) is 6.96. The molecule has 0 fully saturated rings. The van der Waals surface area contributed by atoms with Crippen molar-refractivity contribution in [1.29, 1.82) is 0 Å². The van der Waals surface area contributed by atoms with Gasteiger partial charge in [0.05, 0.1) is 11.7 Å². The van der Waals surface area contributed by atoms with E-state index in [9.17, 15) is 18.0 Å². The van der Waals surface area contributed by atoms with Gasteiger partial charge in [-0.15, -0.1) is 0 Å². The van der Waals surface area contributed by atoms with Crippen LogP contribution in [0.25, 0.3) is 0 Å². The van der Waals surface area contributed by atoms with Crippen molar-refractivity contribution in [2.75, 3.05) is 0 Å². The summed E-state index contributed by atoms with van der Waals surface area (Å²) in [7, 11) is 0. The number of carbonyl (C=O) groups excluding carboxylic acids is 1. The molecule has 0 saturated carbocycles. The second-order valence-electron chi connectivity index (χ2n) is 4.92. The highest BCUT2D eigenvalue weighted by atomic mass is 35.5. The van der Waals surface area contributed by atoms with Crippen LogP contribution < -0.4 is 5.32 Å². The number of aromatic nitrogens is 2. The average Bonchev–Trinajstić information content (AvgIpc) is 2.76. The highest BCUT2D eigenvalue weighted by molar-refractivity contribution is 6.30. The van der Waals surface area contributed by atoms with Gasteiger partial charge < -0.3 is 9.73 Å². The Bertz CT molecular complexity index is 743. The first-order chi connectivity index (χ1) is 10.6. The number of hydrogen-bond donors (Lipinski definition) is 1. The minimum atomic E-state index is -4.58. The van der Waals surface area contributed by atoms with Crippen LogP contribution in [0, 0.1) is 13.8 Å². The van der Waals surface area contributed by atoms with Gasteiger partial charge in [0, 0.05) is 12.5 Å². The van der Waals surface area contributed by atoms with Crippen LogP contribution in [0.3, 0.4) is 0 Å². The Kier molecular flexibility index (Phi) is 4.65. The van der Waals surface area contributed by atoms with Crippen LogP contribution in [-0.4, -0.2) is 15.9 Å². The van der Waals surface area contributed by atoms with Gasteiger partial charge in [0.1, 0.15) is 10.8 Å². The zero-order valence-electron chi connectivity index (χ0n) is 12.5. The number of aryl methyl sites for hydroxylation is 2. The minimum absolute atomic E-state index is 0.0466. The summed E-state index contributed by atoms with van der Waals surface area (Å²) >= 11 is 5.80. The highest BCUT2D eigenvalue weighted by Gasteiger charge is 2.33. The van der Waals surface area contributed by atoms with E-state index < -0.39 is 23.8 Å². The number of halogens is 4. The lowest BCUT2D eigenvalue weighted by atomic mass is 10.1. The van der Waals surface area contributed by atoms with Crippen molar-refractivity contribution < 1.29 is 22.4 Å². The van der Waals surface area contributed by atoms with Crippen LogP contribution in [0.2, 0.25) is 5.15 Å². The molecule has 0 aliphatic heterocycles. The van der Waals surface area contributed by atoms with Crippen LogP contribution in [-0.2, 0) is 6.18 Å². The third-order valence-corrected chi connectivity index (χ3v) is 3.39. The number of rotatable bonds is 3. The fourth-order valence-electron chi connectivity index (χ4n) is 2.01. The van der Waals surface area contributed by atoms with Crippen molar-refractivity contribution >= 4 is 17.5 Å². The van der Waals surface area contributed by atoms with E-state index in [-0.39, 0.29) is 16.5 Å². The number of oxazole rings is 1. The maximum Gasteiger partial charge on any atom is 0.433 e. The Morgan fingerprint density at radius 3 is 2.43 bits per heavy atom. The summed E-state index contributed by atoms with van der Waals surface area (Å²) in [4.78, 5) is 19.4. The smallest absolute Gasteiger partial charge is 0.433 e. The summed E-state index contributed by atoms with van der Waals surface area (Å²) in [6, 6.07) is 1.34. The van der Waals surface area contributed by atoms with Crippen molar-refractivity contribution in [3.05, 3.63) is 45.9 Å². The molecule has 1 atom stereocenters. The number of carbonyl (C=O) groups is 1. The van der Waals surface area contributed by atoms with E-state index in [2.05, 4.69) is 15.3 Å². The molecule has 1 amide bonds. The molecule has 124 valence electrons. The lowest BCUT2D eigenvalue weighted by Crippen LogP contribution is -2.27. The molecule has 2 aromatic rings. The number of hydrogen-bond acceptors (Lipinski definition) is 4. The van der Waals surface area contributed by atoms with Gasteiger partial charge in [0.2, 0.25) is 5.76 Å². The van der Waals surface area contributed by atoms with Crippen LogP contribution >= 0.6 is 11.6 Å². The molecule has 0 aliphatic rings. The summed E-state index contributed by atoms with van der Waals surface area (Å²) in [5, 5.41) is 2.27. The van der Waals surface area contributed by atoms with Gasteiger partial charge in [0.15, 0.2) is 5.89 Å². The number of nitrogens with one attached hydrogen (secondary N) is 1. The predicted molar refractivity (Wildman–Crippen MR) is 76.1 cm³/mol. The molecule has 0 unspecified atom stereocenters. The molecule has 2 heterocycles. The van der Waals surface area contributed by atoms with E-state index in [0.717, 1.165) is 6.07 Å². The molecule has 0 aromatic carbocycles. The predicted octanol–water partition coefficient (Wildman–Crippen LogP) is 3.85. The topological polar surface area (TPSA) is 68.0 Å². The quantitative estimate of drug-likeness (QED) is 0.856. The number of nitrogens with zero attached hydrogens (tertiary/aromatic N) is 2. The monoisotopic (exact) mass is 347 g/mol. The van der Waals surface area contributed by atoms with E-state index in [4.69, 9.17) is 16.0 Å². The Hall–Kier alpha value is -2.09. The van der Waals surface area contributed by atoms with E-state index in [0.29, 0.717) is 11.6 Å². The van der Waals surface area contributed by atoms with Crippen molar-refractivity contribution in [3.8, 4) is 0 Å². The summed E-state index contributed by atoms with van der Waals surface area (Å²) in [6.07, 6.45) is -4.58. The molecular weight excluding hydrogens is 335 g/mol. The number of pyridine rings is 1. The number of alkyl halides is 3. The van der Waals surface area contributed by atoms with Crippen LogP contribution in [0.15, 0.2) is 16.5 Å². The minimum Gasteiger partial charge on any atom is -0.436 e. The molecule has 0 radical (unpaired) electrons. The van der Waals surface area contributed by atoms with E-state index in [1.165, 1.54) is 6.07 Å². The van der Waals surface area contributed by atoms with Crippen LogP contribution in [0.1, 0.15) is 46.4 Å². The third kappa shape index (κ3) is 3.82. The Morgan fingerprint density at radius 1 is 1.30 bits per heavy atom. The molecule has 0 bridgehead atoms. The van der Waals surface area contributed by atoms with Gasteiger partial charge in [0.25, 0.3) is 5.91 Å². The molecular formula is C14H13ClF3N3O2. The molecule has 0 spiro atoms. The van der Waals surface area contributed by atoms with Crippen LogP contribution in [0.4, 0.5) is 13.2 Å². The summed E-state index contributed by atoms with van der Waals surface area (Å²) < 4.78 is 42.9. The third-order valence-electron chi connectivity index (χ3n) is 3.09. The SMILES string of the molecule is Cc1nc(C)c(C(=O)N[C@H](C)c2ccc(C(F)(F)F)nc2Cl)o1. The molecule has 0 aliphatic carbocycles. The standard InChI is InChI=1S/C14H13ClF3N3O2/c1-6(20-13(22)11-7(2)19-8(3)23-11)9-4-5-10(14(16,17)18)21-12(9)15/h4-6H,1-3H3,(H,20,22)/t6-/m1/s1. The van der Waals surface area contributed by atoms with E-state index in [1.807, 2.05) is 0 Å². The zero-order valence-corrected chi connectivity index (χ0v) is 13.2. The van der Waals surface area contributed by atoms with Crippen molar-refractivity contribution in [2.45, 2.75) is 33.0 Å². The van der Waals surface area contributed by atoms with Gasteiger partial charge in [-0.1, -0.05) is 17.7 Å². The Morgan fingerprint density at radius 2 is 1.96 bits per heavy atom. The first kappa shape index (κ1) is 17.3. The number of amides is 1. The first-order valence-electron chi connectivity index (χ1n) is 6.58. The highest BCUT2D eigenvalue weighted by Crippen LogP contribution is 2.31. The van der Waals surface area contributed by atoms with Gasteiger partial charge in [-0.05, 0) is 19.9 Å². The fourth-order valence-corrected chi connectivity index (χ4v) is 2.33. The average molecular weight is 348 g/mol. The maximum absolute atomic E-state index is 12.6. The maximum atomic E-state index is 12.6. The van der Waals surface area contributed by atoms with Crippen molar-refractivity contribution in [3.63, 3.8) is 0 Å². The molecule has 0 saturated heterocycles. The van der Waals surface area contributed by atoms with Crippen molar-refractivity contribution in [2.24, 2.45) is 0 Å². The molecule has 23 heavy (non-hydrogen) atoms. The largest absolute Gasteiger partial charge is 0.436 e. The summed E-state index contributed by atoms with van der Waals surface area (Å²) in [6.45, 7) is 4.79. The summed E-state index contributed by atoms with van der Waals surface area (Å²) in [5.74, 6) is -0.147. The fraction of sp³-hybridized carbons (Fsp3) is 0.357. The van der Waals surface area contributed by atoms with E-state index >= 15 is 0 Å². The molecule has 9 heteroatoms. The lowest BCUT2D eigenvalue weighted by molar-refractivity contribution is -0.141. The normalized spacial score (nSPS) is 13.0. The second kappa shape index (κ2) is 6.19. The molecule has 5 nitrogen and oxygen atoms in total. The van der Waals surface area contributed by atoms with Crippen LogP contribution in [0.5, 0.6) is 0 Å². The zero-order chi connectivity index (χ0) is 17.4. The van der Waals surface area contributed by atoms with E-state index in [1.54, 1.807) is 20.8 Å². The second-order valence-corrected chi connectivity index (χ2v) is 5.27. The Labute approximate surface area is 134 Å². The molecule has 1 N–H and O–H groups in total. The Balaban J connectivity index is 2.19. The van der Waals surface area contributed by atoms with Gasteiger partial charge in [-0.25, -0.2) is 9.97 Å². The lowest BCUT2D eigenvalue weighted by Gasteiger charge is -2.16. The molecule has 2 aromatic heterocycles. The van der Waals surface area contributed by atoms with Gasteiger partial charge >= 0.3 is 6.18 Å². The van der Waals surface area contributed by atoms with Crippen molar-refractivity contribution in [1.82, 2.24) is 15.3 Å². The van der Waals surface area contributed by atoms with Gasteiger partial charge in [-0.3, -0.25) is 4.79 Å². The summed E-state index contributed by atoms with van der Waals surface area (Å²) in [5.41, 5.74) is -0.405. The van der Waals surface area contributed by atoms with Gasteiger partial charge in [-0.2, -0.15) is 13.2 Å².